The molecular formula is C16H14N2O3. The summed E-state index contributed by atoms with van der Waals surface area (Å²) < 4.78 is 7.53. The third kappa shape index (κ3) is 2.33. The van der Waals surface area contributed by atoms with Crippen LogP contribution in [-0.2, 0) is 7.05 Å². The van der Waals surface area contributed by atoms with Crippen LogP contribution in [0.1, 0.15) is 16.1 Å². The molecule has 5 heteroatoms. The molecule has 2 aromatic carbocycles. The van der Waals surface area contributed by atoms with Crippen molar-refractivity contribution in [2.45, 2.75) is 6.92 Å². The fourth-order valence-corrected chi connectivity index (χ4v) is 2.34. The monoisotopic (exact) mass is 282 g/mol. The van der Waals surface area contributed by atoms with Crippen LogP contribution in [0.25, 0.3) is 10.8 Å². The first kappa shape index (κ1) is 13.2. The number of aryl methyl sites for hydroxylation is 2. The van der Waals surface area contributed by atoms with Gasteiger partial charge in [-0.05, 0) is 24.4 Å². The van der Waals surface area contributed by atoms with Crippen LogP contribution in [0.15, 0.2) is 42.5 Å². The Morgan fingerprint density at radius 1 is 1.19 bits per heavy atom. The van der Waals surface area contributed by atoms with E-state index in [2.05, 4.69) is 5.10 Å². The van der Waals surface area contributed by atoms with E-state index in [0.717, 1.165) is 11.1 Å². The van der Waals surface area contributed by atoms with Crippen molar-refractivity contribution in [3.8, 4) is 11.6 Å². The summed E-state index contributed by atoms with van der Waals surface area (Å²) in [5.41, 5.74) is 1.12. The highest BCUT2D eigenvalue weighted by Gasteiger charge is 2.13. The van der Waals surface area contributed by atoms with Crippen molar-refractivity contribution < 1.29 is 14.6 Å². The van der Waals surface area contributed by atoms with E-state index < -0.39 is 5.97 Å². The van der Waals surface area contributed by atoms with Gasteiger partial charge >= 0.3 is 5.97 Å². The first-order valence-electron chi connectivity index (χ1n) is 6.50. The zero-order valence-electron chi connectivity index (χ0n) is 11.7. The lowest BCUT2D eigenvalue weighted by atomic mass is 10.0. The standard InChI is InChI=1S/C16H14N2O3/c1-10-9-15(18(2)17-10)21-14-8-7-13(16(19)20)11-5-3-4-6-12(11)14/h3-9H,1-2H3,(H,19,20). The lowest BCUT2D eigenvalue weighted by molar-refractivity contribution is 0.0699. The van der Waals surface area contributed by atoms with Crippen molar-refractivity contribution in [1.82, 2.24) is 9.78 Å². The zero-order chi connectivity index (χ0) is 15.0. The van der Waals surface area contributed by atoms with Gasteiger partial charge in [-0.2, -0.15) is 5.10 Å². The summed E-state index contributed by atoms with van der Waals surface area (Å²) in [7, 11) is 1.80. The fraction of sp³-hybridized carbons (Fsp3) is 0.125. The predicted molar refractivity (Wildman–Crippen MR) is 78.9 cm³/mol. The molecule has 1 aromatic heterocycles. The number of benzene rings is 2. The molecule has 21 heavy (non-hydrogen) atoms. The zero-order valence-corrected chi connectivity index (χ0v) is 11.7. The Morgan fingerprint density at radius 3 is 2.52 bits per heavy atom. The fourth-order valence-electron chi connectivity index (χ4n) is 2.34. The number of carbonyl (C=O) groups is 1. The third-order valence-corrected chi connectivity index (χ3v) is 3.29. The number of hydrogen-bond donors (Lipinski definition) is 1. The number of hydrogen-bond acceptors (Lipinski definition) is 3. The molecule has 0 fully saturated rings. The van der Waals surface area contributed by atoms with Gasteiger partial charge in [0.25, 0.3) is 0 Å². The van der Waals surface area contributed by atoms with Gasteiger partial charge in [0.15, 0.2) is 0 Å². The van der Waals surface area contributed by atoms with Crippen LogP contribution in [0.2, 0.25) is 0 Å². The van der Waals surface area contributed by atoms with Crippen LogP contribution in [0, 0.1) is 6.92 Å². The van der Waals surface area contributed by atoms with Gasteiger partial charge in [0, 0.05) is 18.5 Å². The Bertz CT molecular complexity index is 837. The van der Waals surface area contributed by atoms with E-state index in [1.54, 1.807) is 29.9 Å². The van der Waals surface area contributed by atoms with Gasteiger partial charge in [0.2, 0.25) is 5.88 Å². The van der Waals surface area contributed by atoms with Crippen molar-refractivity contribution in [2.75, 3.05) is 0 Å². The number of aromatic carboxylic acids is 1. The smallest absolute Gasteiger partial charge is 0.336 e. The second-order valence-corrected chi connectivity index (χ2v) is 4.81. The molecule has 0 amide bonds. The summed E-state index contributed by atoms with van der Waals surface area (Å²) in [5, 5.41) is 14.9. The molecule has 1 N–H and O–H groups in total. The highest BCUT2D eigenvalue weighted by molar-refractivity contribution is 6.05. The Balaban J connectivity index is 2.14. The molecule has 0 bridgehead atoms. The second kappa shape index (κ2) is 4.94. The van der Waals surface area contributed by atoms with E-state index in [1.165, 1.54) is 0 Å². The van der Waals surface area contributed by atoms with Gasteiger partial charge in [0.05, 0.1) is 11.3 Å². The first-order valence-corrected chi connectivity index (χ1v) is 6.50. The molecule has 0 saturated heterocycles. The number of fused-ring (bicyclic) bond motifs is 1. The number of rotatable bonds is 3. The van der Waals surface area contributed by atoms with Crippen LogP contribution < -0.4 is 4.74 Å². The van der Waals surface area contributed by atoms with Gasteiger partial charge in [-0.1, -0.05) is 24.3 Å². The normalized spacial score (nSPS) is 10.8. The minimum absolute atomic E-state index is 0.263. The summed E-state index contributed by atoms with van der Waals surface area (Å²) in [6.45, 7) is 1.89. The van der Waals surface area contributed by atoms with Gasteiger partial charge < -0.3 is 9.84 Å². The van der Waals surface area contributed by atoms with Crippen LogP contribution in [0.5, 0.6) is 11.6 Å². The molecule has 0 atom stereocenters. The molecular weight excluding hydrogens is 268 g/mol. The molecule has 106 valence electrons. The number of aromatic nitrogens is 2. The third-order valence-electron chi connectivity index (χ3n) is 3.29. The molecule has 1 heterocycles. The Hall–Kier alpha value is -2.82. The number of nitrogens with zero attached hydrogens (tertiary/aromatic N) is 2. The van der Waals surface area contributed by atoms with Gasteiger partial charge in [-0.15, -0.1) is 0 Å². The topological polar surface area (TPSA) is 64.3 Å². The van der Waals surface area contributed by atoms with Crippen molar-refractivity contribution in [2.24, 2.45) is 7.05 Å². The predicted octanol–water partition coefficient (Wildman–Crippen LogP) is 3.37. The Kier molecular flexibility index (Phi) is 3.10. The summed E-state index contributed by atoms with van der Waals surface area (Å²) in [4.78, 5) is 11.3. The molecule has 0 radical (unpaired) electrons. The average molecular weight is 282 g/mol. The van der Waals surface area contributed by atoms with Gasteiger partial charge in [0.1, 0.15) is 5.75 Å². The van der Waals surface area contributed by atoms with Crippen molar-refractivity contribution in [3.05, 3.63) is 53.7 Å². The maximum atomic E-state index is 11.3. The molecule has 5 nitrogen and oxygen atoms in total. The largest absolute Gasteiger partial charge is 0.478 e. The molecule has 0 saturated carbocycles. The minimum Gasteiger partial charge on any atom is -0.478 e. The minimum atomic E-state index is -0.950. The summed E-state index contributed by atoms with van der Waals surface area (Å²) in [5.74, 6) is 0.272. The van der Waals surface area contributed by atoms with Crippen LogP contribution in [0.3, 0.4) is 0 Å². The van der Waals surface area contributed by atoms with E-state index in [9.17, 15) is 9.90 Å². The lowest BCUT2D eigenvalue weighted by Gasteiger charge is -2.10. The lowest BCUT2D eigenvalue weighted by Crippen LogP contribution is -1.99. The summed E-state index contributed by atoms with van der Waals surface area (Å²) in [6, 6.07) is 12.4. The maximum Gasteiger partial charge on any atom is 0.336 e. The van der Waals surface area contributed by atoms with Crippen LogP contribution >= 0.6 is 0 Å². The average Bonchev–Trinajstić information content (AvgIpc) is 2.77. The highest BCUT2D eigenvalue weighted by Crippen LogP contribution is 2.32. The molecule has 0 spiro atoms. The van der Waals surface area contributed by atoms with Crippen LogP contribution in [-0.4, -0.2) is 20.9 Å². The SMILES string of the molecule is Cc1cc(Oc2ccc(C(=O)O)c3ccccc23)n(C)n1. The first-order chi connectivity index (χ1) is 10.1. The van der Waals surface area contributed by atoms with Crippen LogP contribution in [0.4, 0.5) is 0 Å². The molecule has 3 rings (SSSR count). The van der Waals surface area contributed by atoms with E-state index in [1.807, 2.05) is 31.2 Å². The van der Waals surface area contributed by atoms with Crippen molar-refractivity contribution in [1.29, 1.82) is 0 Å². The van der Waals surface area contributed by atoms with E-state index in [0.29, 0.717) is 17.0 Å². The molecule has 0 aliphatic carbocycles. The highest BCUT2D eigenvalue weighted by atomic mass is 16.5. The molecule has 0 unspecified atom stereocenters. The van der Waals surface area contributed by atoms with E-state index in [-0.39, 0.29) is 5.56 Å². The van der Waals surface area contributed by atoms with Gasteiger partial charge in [-0.25, -0.2) is 9.48 Å². The van der Waals surface area contributed by atoms with Crippen molar-refractivity contribution in [3.63, 3.8) is 0 Å². The second-order valence-electron chi connectivity index (χ2n) is 4.81. The molecule has 0 aliphatic heterocycles. The number of carboxylic acids is 1. The van der Waals surface area contributed by atoms with E-state index >= 15 is 0 Å². The molecule has 3 aromatic rings. The Labute approximate surface area is 121 Å². The number of ether oxygens (including phenoxy) is 1. The van der Waals surface area contributed by atoms with E-state index in [4.69, 9.17) is 4.74 Å². The summed E-state index contributed by atoms with van der Waals surface area (Å²) in [6.07, 6.45) is 0. The molecule has 0 aliphatic rings. The summed E-state index contributed by atoms with van der Waals surface area (Å²) >= 11 is 0. The Morgan fingerprint density at radius 2 is 1.90 bits per heavy atom. The van der Waals surface area contributed by atoms with Crippen molar-refractivity contribution >= 4 is 16.7 Å². The van der Waals surface area contributed by atoms with Gasteiger partial charge in [-0.3, -0.25) is 0 Å². The number of carboxylic acid groups (broad SMARTS) is 1. The quantitative estimate of drug-likeness (QED) is 0.800. The maximum absolute atomic E-state index is 11.3.